The summed E-state index contributed by atoms with van der Waals surface area (Å²) >= 11 is 1.29. The zero-order chi connectivity index (χ0) is 22.6. The number of furan rings is 1. The first-order chi connectivity index (χ1) is 16.2. The molecule has 0 saturated heterocycles. The summed E-state index contributed by atoms with van der Waals surface area (Å²) < 4.78 is 20.6. The monoisotopic (exact) mass is 458 g/mol. The van der Waals surface area contributed by atoms with Gasteiger partial charge in [0.1, 0.15) is 5.82 Å². The largest absolute Gasteiger partial charge is 0.461 e. The Morgan fingerprint density at radius 3 is 2.61 bits per heavy atom. The maximum Gasteiger partial charge on any atom is 0.230 e. The molecule has 5 aromatic rings. The van der Waals surface area contributed by atoms with E-state index >= 15 is 0 Å². The number of nitrogens with one attached hydrogen (secondary N) is 1. The van der Waals surface area contributed by atoms with Gasteiger partial charge in [-0.1, -0.05) is 60.3 Å². The Morgan fingerprint density at radius 1 is 0.970 bits per heavy atom. The maximum absolute atomic E-state index is 13.1. The van der Waals surface area contributed by atoms with E-state index in [0.29, 0.717) is 23.3 Å². The van der Waals surface area contributed by atoms with Gasteiger partial charge in [-0.25, -0.2) is 4.39 Å². The quantitative estimate of drug-likeness (QED) is 0.338. The molecule has 0 saturated carbocycles. The Kier molecular flexibility index (Phi) is 5.91. The first-order valence-electron chi connectivity index (χ1n) is 10.3. The summed E-state index contributed by atoms with van der Waals surface area (Å²) in [6.45, 7) is 0.327. The third kappa shape index (κ3) is 4.51. The van der Waals surface area contributed by atoms with Crippen LogP contribution >= 0.6 is 11.8 Å². The number of halogens is 1. The van der Waals surface area contributed by atoms with Crippen molar-refractivity contribution in [3.05, 3.63) is 96.5 Å². The van der Waals surface area contributed by atoms with E-state index in [1.807, 2.05) is 53.1 Å². The predicted octanol–water partition coefficient (Wildman–Crippen LogP) is 5.23. The van der Waals surface area contributed by atoms with Gasteiger partial charge >= 0.3 is 0 Å². The summed E-state index contributed by atoms with van der Waals surface area (Å²) in [7, 11) is 0. The van der Waals surface area contributed by atoms with Crippen LogP contribution in [-0.2, 0) is 11.3 Å². The fourth-order valence-corrected chi connectivity index (χ4v) is 4.31. The topological polar surface area (TPSA) is 73.0 Å². The van der Waals surface area contributed by atoms with Gasteiger partial charge in [-0.3, -0.25) is 9.36 Å². The molecular formula is C25H19FN4O2S. The average Bonchev–Trinajstić information content (AvgIpc) is 3.52. The third-order valence-corrected chi connectivity index (χ3v) is 6.05. The molecule has 0 atom stereocenters. The number of hydrogen-bond acceptors (Lipinski definition) is 5. The van der Waals surface area contributed by atoms with Gasteiger partial charge in [0.05, 0.1) is 17.7 Å². The van der Waals surface area contributed by atoms with Crippen molar-refractivity contribution in [3.63, 3.8) is 0 Å². The molecule has 0 aliphatic rings. The Morgan fingerprint density at radius 2 is 1.79 bits per heavy atom. The zero-order valence-corrected chi connectivity index (χ0v) is 18.3. The number of fused-ring (bicyclic) bond motifs is 1. The Balaban J connectivity index is 1.41. The Bertz CT molecular complexity index is 1390. The van der Waals surface area contributed by atoms with E-state index < -0.39 is 0 Å². The van der Waals surface area contributed by atoms with Crippen molar-refractivity contribution in [1.82, 2.24) is 20.1 Å². The molecule has 2 aromatic heterocycles. The molecule has 0 aliphatic heterocycles. The average molecular weight is 459 g/mol. The molecule has 1 amide bonds. The van der Waals surface area contributed by atoms with Crippen molar-refractivity contribution in [1.29, 1.82) is 0 Å². The van der Waals surface area contributed by atoms with Gasteiger partial charge in [0.25, 0.3) is 0 Å². The molecule has 5 rings (SSSR count). The lowest BCUT2D eigenvalue weighted by Gasteiger charge is -2.12. The lowest BCUT2D eigenvalue weighted by Crippen LogP contribution is -2.24. The maximum atomic E-state index is 13.1. The molecule has 164 valence electrons. The van der Waals surface area contributed by atoms with Gasteiger partial charge in [-0.2, -0.15) is 0 Å². The number of nitrogens with zero attached hydrogens (tertiary/aromatic N) is 3. The second-order valence-electron chi connectivity index (χ2n) is 7.31. The van der Waals surface area contributed by atoms with Gasteiger partial charge in [-0.05, 0) is 41.3 Å². The highest BCUT2D eigenvalue weighted by atomic mass is 32.2. The number of aromatic nitrogens is 3. The Hall–Kier alpha value is -3.91. The van der Waals surface area contributed by atoms with Crippen molar-refractivity contribution in [2.45, 2.75) is 11.7 Å². The molecule has 0 fully saturated rings. The molecule has 0 aliphatic carbocycles. The number of carbonyl (C=O) groups is 1. The number of thioether (sulfide) groups is 1. The summed E-state index contributed by atoms with van der Waals surface area (Å²) in [5.41, 5.74) is 1.73. The summed E-state index contributed by atoms with van der Waals surface area (Å²) in [5.74, 6) is 0.841. The van der Waals surface area contributed by atoms with Crippen LogP contribution < -0.4 is 5.32 Å². The molecule has 33 heavy (non-hydrogen) atoms. The molecule has 3 aromatic carbocycles. The molecule has 0 unspecified atom stereocenters. The van der Waals surface area contributed by atoms with Crippen LogP contribution in [0.1, 0.15) is 5.56 Å². The first-order valence-corrected chi connectivity index (χ1v) is 11.3. The lowest BCUT2D eigenvalue weighted by atomic mass is 10.1. The Labute approximate surface area is 193 Å². The van der Waals surface area contributed by atoms with Crippen LogP contribution in [0.25, 0.3) is 28.0 Å². The zero-order valence-electron chi connectivity index (χ0n) is 17.4. The number of amides is 1. The van der Waals surface area contributed by atoms with Crippen molar-refractivity contribution in [2.24, 2.45) is 0 Å². The van der Waals surface area contributed by atoms with Crippen LogP contribution in [0.5, 0.6) is 0 Å². The van der Waals surface area contributed by atoms with E-state index in [1.54, 1.807) is 24.5 Å². The van der Waals surface area contributed by atoms with E-state index in [2.05, 4.69) is 15.5 Å². The van der Waals surface area contributed by atoms with Crippen molar-refractivity contribution in [2.75, 3.05) is 5.75 Å². The van der Waals surface area contributed by atoms with E-state index in [0.717, 1.165) is 22.0 Å². The van der Waals surface area contributed by atoms with Gasteiger partial charge in [0, 0.05) is 11.9 Å². The minimum Gasteiger partial charge on any atom is -0.461 e. The van der Waals surface area contributed by atoms with Crippen molar-refractivity contribution >= 4 is 28.4 Å². The van der Waals surface area contributed by atoms with E-state index in [1.165, 1.54) is 23.9 Å². The molecule has 2 heterocycles. The van der Waals surface area contributed by atoms with Crippen LogP contribution in [0, 0.1) is 5.82 Å². The summed E-state index contributed by atoms with van der Waals surface area (Å²) in [5, 5.41) is 14.3. The normalized spacial score (nSPS) is 11.1. The standard InChI is InChI=1S/C25H19FN4O2S/c26-19-12-10-17(11-13-19)15-27-23(31)16-33-25-29-28-24(22-9-4-14-32-22)30(25)21-8-3-6-18-5-1-2-7-20(18)21/h1-14H,15-16H2,(H,27,31). The van der Waals surface area contributed by atoms with Gasteiger partial charge < -0.3 is 9.73 Å². The lowest BCUT2D eigenvalue weighted by molar-refractivity contribution is -0.118. The molecule has 0 spiro atoms. The van der Waals surface area contributed by atoms with Crippen molar-refractivity contribution < 1.29 is 13.6 Å². The highest BCUT2D eigenvalue weighted by molar-refractivity contribution is 7.99. The predicted molar refractivity (Wildman–Crippen MR) is 126 cm³/mol. The second kappa shape index (κ2) is 9.30. The van der Waals surface area contributed by atoms with Crippen LogP contribution in [0.4, 0.5) is 4.39 Å². The van der Waals surface area contributed by atoms with Crippen LogP contribution in [0.3, 0.4) is 0 Å². The number of carbonyl (C=O) groups excluding carboxylic acids is 1. The van der Waals surface area contributed by atoms with E-state index in [9.17, 15) is 9.18 Å². The SMILES string of the molecule is O=C(CSc1nnc(-c2ccco2)n1-c1cccc2ccccc12)NCc1ccc(F)cc1. The summed E-state index contributed by atoms with van der Waals surface area (Å²) in [6, 6.07) is 23.8. The molecule has 8 heteroatoms. The number of hydrogen-bond donors (Lipinski definition) is 1. The number of rotatable bonds is 7. The van der Waals surface area contributed by atoms with E-state index in [-0.39, 0.29) is 17.5 Å². The van der Waals surface area contributed by atoms with Crippen molar-refractivity contribution in [3.8, 4) is 17.3 Å². The molecular weight excluding hydrogens is 439 g/mol. The van der Waals surface area contributed by atoms with Crippen LogP contribution in [0.15, 0.2) is 94.7 Å². The van der Waals surface area contributed by atoms with Gasteiger partial charge in [-0.15, -0.1) is 10.2 Å². The fraction of sp³-hybridized carbons (Fsp3) is 0.0800. The second-order valence-corrected chi connectivity index (χ2v) is 8.25. The minimum atomic E-state index is -0.305. The number of benzene rings is 3. The third-order valence-electron chi connectivity index (χ3n) is 5.12. The first kappa shape index (κ1) is 21.0. The summed E-state index contributed by atoms with van der Waals surface area (Å²) in [4.78, 5) is 12.5. The molecule has 0 radical (unpaired) electrons. The minimum absolute atomic E-state index is 0.155. The smallest absolute Gasteiger partial charge is 0.230 e. The van der Waals surface area contributed by atoms with Gasteiger partial charge in [0.15, 0.2) is 10.9 Å². The summed E-state index contributed by atoms with van der Waals surface area (Å²) in [6.07, 6.45) is 1.59. The molecule has 6 nitrogen and oxygen atoms in total. The highest BCUT2D eigenvalue weighted by Gasteiger charge is 2.20. The highest BCUT2D eigenvalue weighted by Crippen LogP contribution is 2.31. The van der Waals surface area contributed by atoms with Crippen LogP contribution in [-0.4, -0.2) is 26.4 Å². The molecule has 0 bridgehead atoms. The fourth-order valence-electron chi connectivity index (χ4n) is 3.53. The van der Waals surface area contributed by atoms with Gasteiger partial charge in [0.2, 0.25) is 11.7 Å². The molecule has 1 N–H and O–H groups in total. The van der Waals surface area contributed by atoms with Crippen LogP contribution in [0.2, 0.25) is 0 Å². The van der Waals surface area contributed by atoms with E-state index in [4.69, 9.17) is 4.42 Å².